The summed E-state index contributed by atoms with van der Waals surface area (Å²) < 4.78 is 37.7. The Bertz CT molecular complexity index is 1390. The zero-order valence-corrected chi connectivity index (χ0v) is 22.1. The molecular formula is C29H33FN2O4S. The van der Waals surface area contributed by atoms with Crippen LogP contribution in [0.1, 0.15) is 68.6 Å². The van der Waals surface area contributed by atoms with Gasteiger partial charge in [0.2, 0.25) is 5.91 Å². The van der Waals surface area contributed by atoms with Gasteiger partial charge in [-0.3, -0.25) is 14.6 Å². The van der Waals surface area contributed by atoms with Gasteiger partial charge in [0.15, 0.2) is 9.84 Å². The van der Waals surface area contributed by atoms with Crippen molar-refractivity contribution >= 4 is 32.8 Å². The van der Waals surface area contributed by atoms with Crippen LogP contribution in [0.3, 0.4) is 0 Å². The quantitative estimate of drug-likeness (QED) is 0.544. The number of anilines is 1. The number of Topliss-reactive ketones (excluding diaryl/α,β-unsaturated/α-hetero) is 1. The van der Waals surface area contributed by atoms with Crippen LogP contribution in [-0.2, 0) is 25.8 Å². The lowest BCUT2D eigenvalue weighted by Crippen LogP contribution is -2.40. The average molecular weight is 525 g/mol. The number of halogens is 1. The van der Waals surface area contributed by atoms with Crippen molar-refractivity contribution in [2.75, 3.05) is 16.8 Å². The Morgan fingerprint density at radius 2 is 2.00 bits per heavy atom. The van der Waals surface area contributed by atoms with Gasteiger partial charge in [0, 0.05) is 18.3 Å². The highest BCUT2D eigenvalue weighted by molar-refractivity contribution is 7.92. The lowest BCUT2D eigenvalue weighted by Gasteiger charge is -2.50. The largest absolute Gasteiger partial charge is 0.326 e. The number of amides is 1. The van der Waals surface area contributed by atoms with Gasteiger partial charge in [0.05, 0.1) is 11.9 Å². The maximum atomic E-state index is 13.9. The molecule has 5 rings (SSSR count). The summed E-state index contributed by atoms with van der Waals surface area (Å²) in [6.07, 6.45) is 10.2. The number of benzene rings is 1. The van der Waals surface area contributed by atoms with E-state index in [0.717, 1.165) is 37.7 Å². The van der Waals surface area contributed by atoms with Crippen molar-refractivity contribution in [2.45, 2.75) is 58.3 Å². The number of carbonyl (C=O) groups excluding carboxylic acids is 2. The number of carbonyl (C=O) groups is 2. The summed E-state index contributed by atoms with van der Waals surface area (Å²) in [4.78, 5) is 27.6. The molecule has 4 atom stereocenters. The van der Waals surface area contributed by atoms with Crippen LogP contribution < -0.4 is 5.32 Å². The lowest BCUT2D eigenvalue weighted by atomic mass is 9.54. The molecule has 3 aliphatic rings. The number of rotatable bonds is 7. The van der Waals surface area contributed by atoms with Crippen LogP contribution in [-0.4, -0.2) is 36.6 Å². The molecule has 0 bridgehead atoms. The third-order valence-corrected chi connectivity index (χ3v) is 10.3. The van der Waals surface area contributed by atoms with Crippen LogP contribution in [0, 0.1) is 23.1 Å². The van der Waals surface area contributed by atoms with E-state index in [2.05, 4.69) is 29.4 Å². The first kappa shape index (κ1) is 25.8. The maximum Gasteiger partial charge on any atom is 0.225 e. The summed E-state index contributed by atoms with van der Waals surface area (Å²) in [5.74, 6) is -0.444. The Morgan fingerprint density at radius 3 is 2.76 bits per heavy atom. The van der Waals surface area contributed by atoms with E-state index in [0.29, 0.717) is 23.4 Å². The molecule has 0 aliphatic heterocycles. The normalized spacial score (nSPS) is 26.5. The summed E-state index contributed by atoms with van der Waals surface area (Å²) in [5.41, 5.74) is 5.42. The maximum absolute atomic E-state index is 13.9. The van der Waals surface area contributed by atoms with Crippen molar-refractivity contribution < 1.29 is 22.4 Å². The highest BCUT2D eigenvalue weighted by Gasteiger charge is 2.52. The van der Waals surface area contributed by atoms with Gasteiger partial charge in [0.25, 0.3) is 0 Å². The number of sulfone groups is 1. The number of aromatic nitrogens is 1. The fourth-order valence-electron chi connectivity index (χ4n) is 7.09. The van der Waals surface area contributed by atoms with Gasteiger partial charge in [-0.15, -0.1) is 0 Å². The summed E-state index contributed by atoms with van der Waals surface area (Å²) in [5, 5.41) is 2.83. The number of aryl methyl sites for hydroxylation is 1. The van der Waals surface area contributed by atoms with Crippen molar-refractivity contribution in [1.29, 1.82) is 0 Å². The number of ketones is 1. The molecule has 1 N–H and O–H groups in total. The zero-order chi connectivity index (χ0) is 26.4. The first-order valence-electron chi connectivity index (χ1n) is 13.0. The molecule has 8 heteroatoms. The SMILES string of the molecule is CC(=O)CS(=O)(=O)CCC(=O)Nc1ccc2c(c1)CC[C@@H]1[C@@H]2CC[C@]2(C)C(c3cncc(F)c3)=CC[C@@H]12. The number of hydrogen-bond donors (Lipinski definition) is 1. The molecule has 1 amide bonds. The molecule has 3 aliphatic carbocycles. The van der Waals surface area contributed by atoms with Gasteiger partial charge in [-0.25, -0.2) is 12.8 Å². The topological polar surface area (TPSA) is 93.2 Å². The number of fused-ring (bicyclic) bond motifs is 5. The van der Waals surface area contributed by atoms with Gasteiger partial charge in [0.1, 0.15) is 17.4 Å². The first-order valence-corrected chi connectivity index (χ1v) is 14.8. The predicted molar refractivity (Wildman–Crippen MR) is 141 cm³/mol. The summed E-state index contributed by atoms with van der Waals surface area (Å²) in [7, 11) is -3.57. The van der Waals surface area contributed by atoms with Crippen molar-refractivity contribution in [3.05, 3.63) is 65.2 Å². The van der Waals surface area contributed by atoms with Gasteiger partial charge in [-0.1, -0.05) is 19.1 Å². The molecule has 0 unspecified atom stereocenters. The van der Waals surface area contributed by atoms with Crippen molar-refractivity contribution in [1.82, 2.24) is 4.98 Å². The Morgan fingerprint density at radius 1 is 1.19 bits per heavy atom. The van der Waals surface area contributed by atoms with Gasteiger partial charge >= 0.3 is 0 Å². The van der Waals surface area contributed by atoms with E-state index < -0.39 is 21.4 Å². The molecule has 0 radical (unpaired) electrons. The minimum Gasteiger partial charge on any atom is -0.326 e. The molecular weight excluding hydrogens is 491 g/mol. The smallest absolute Gasteiger partial charge is 0.225 e. The van der Waals surface area contributed by atoms with E-state index >= 15 is 0 Å². The summed E-state index contributed by atoms with van der Waals surface area (Å²) in [6.45, 7) is 3.56. The average Bonchev–Trinajstić information content (AvgIpc) is 3.19. The summed E-state index contributed by atoms with van der Waals surface area (Å²) in [6, 6.07) is 7.66. The van der Waals surface area contributed by atoms with Crippen LogP contribution in [0.5, 0.6) is 0 Å². The van der Waals surface area contributed by atoms with Gasteiger partial charge < -0.3 is 5.32 Å². The minimum absolute atomic E-state index is 0.0186. The number of allylic oxidation sites excluding steroid dienone is 2. The molecule has 2 aromatic rings. The predicted octanol–water partition coefficient (Wildman–Crippen LogP) is 5.10. The van der Waals surface area contributed by atoms with Crippen LogP contribution in [0.4, 0.5) is 10.1 Å². The Balaban J connectivity index is 1.27. The molecule has 1 aromatic heterocycles. The van der Waals surface area contributed by atoms with Crippen LogP contribution in [0.25, 0.3) is 5.57 Å². The molecule has 1 fully saturated rings. The molecule has 6 nitrogen and oxygen atoms in total. The second-order valence-corrected chi connectivity index (χ2v) is 13.3. The van der Waals surface area contributed by atoms with Crippen LogP contribution in [0.15, 0.2) is 42.7 Å². The van der Waals surface area contributed by atoms with E-state index in [1.54, 1.807) is 12.3 Å². The van der Waals surface area contributed by atoms with E-state index in [4.69, 9.17) is 0 Å². The first-order chi connectivity index (χ1) is 17.6. The highest BCUT2D eigenvalue weighted by Crippen LogP contribution is 2.63. The fourth-order valence-corrected chi connectivity index (χ4v) is 8.35. The number of nitrogens with zero attached hydrogens (tertiary/aromatic N) is 1. The molecule has 0 saturated heterocycles. The van der Waals surface area contributed by atoms with E-state index in [1.807, 2.05) is 12.1 Å². The molecule has 1 heterocycles. The van der Waals surface area contributed by atoms with Crippen molar-refractivity contribution in [3.8, 4) is 0 Å². The van der Waals surface area contributed by atoms with E-state index in [-0.39, 0.29) is 29.3 Å². The molecule has 37 heavy (non-hydrogen) atoms. The second kappa shape index (κ2) is 9.78. The molecule has 196 valence electrons. The number of pyridine rings is 1. The van der Waals surface area contributed by atoms with Gasteiger partial charge in [-0.2, -0.15) is 0 Å². The third-order valence-electron chi connectivity index (χ3n) is 8.67. The molecule has 1 aromatic carbocycles. The van der Waals surface area contributed by atoms with E-state index in [9.17, 15) is 22.4 Å². The highest BCUT2D eigenvalue weighted by atomic mass is 32.2. The fraction of sp³-hybridized carbons (Fsp3) is 0.483. The van der Waals surface area contributed by atoms with Gasteiger partial charge in [-0.05, 0) is 103 Å². The lowest BCUT2D eigenvalue weighted by molar-refractivity contribution is -0.116. The monoisotopic (exact) mass is 524 g/mol. The third kappa shape index (κ3) is 5.13. The van der Waals surface area contributed by atoms with Crippen molar-refractivity contribution in [2.24, 2.45) is 17.3 Å². The zero-order valence-electron chi connectivity index (χ0n) is 21.3. The summed E-state index contributed by atoms with van der Waals surface area (Å²) >= 11 is 0. The number of nitrogens with one attached hydrogen (secondary N) is 1. The Hall–Kier alpha value is -2.87. The standard InChI is InChI=1S/C29H33FN2O4S/c1-18(33)17-37(35,36)12-10-28(34)32-22-4-6-23-19(14-22)3-5-25-24(23)9-11-29(2)26(7-8-27(25)29)20-13-21(30)16-31-15-20/h4,6-7,13-16,24-25,27H,3,5,8-12,17H2,1-2H3,(H,32,34)/t24-,25-,27+,29-/m1/s1. The number of hydrogen-bond acceptors (Lipinski definition) is 5. The minimum atomic E-state index is -3.57. The molecule has 0 spiro atoms. The van der Waals surface area contributed by atoms with E-state index in [1.165, 1.54) is 29.8 Å². The Labute approximate surface area is 217 Å². The van der Waals surface area contributed by atoms with Crippen LogP contribution in [0.2, 0.25) is 0 Å². The second-order valence-electron chi connectivity index (χ2n) is 11.1. The Kier molecular flexibility index (Phi) is 6.81. The van der Waals surface area contributed by atoms with Crippen LogP contribution >= 0.6 is 0 Å². The van der Waals surface area contributed by atoms with Crippen molar-refractivity contribution in [3.63, 3.8) is 0 Å². The molecule has 1 saturated carbocycles.